The van der Waals surface area contributed by atoms with Crippen molar-refractivity contribution in [2.45, 2.75) is 19.9 Å². The maximum absolute atomic E-state index is 12.2. The molecule has 0 saturated carbocycles. The monoisotopic (exact) mass is 413 g/mol. The number of rotatable bonds is 8. The molecule has 2 aromatic carbocycles. The molecule has 30 heavy (non-hydrogen) atoms. The molecule has 0 aliphatic heterocycles. The van der Waals surface area contributed by atoms with Crippen LogP contribution in [0.3, 0.4) is 0 Å². The predicted octanol–water partition coefficient (Wildman–Crippen LogP) is 1.95. The number of esters is 1. The lowest BCUT2D eigenvalue weighted by Crippen LogP contribution is -2.40. The average molecular weight is 413 g/mol. The summed E-state index contributed by atoms with van der Waals surface area (Å²) >= 11 is 0. The van der Waals surface area contributed by atoms with Gasteiger partial charge in [0.15, 0.2) is 6.61 Å². The Morgan fingerprint density at radius 1 is 1.00 bits per heavy atom. The maximum atomic E-state index is 12.2. The molecule has 0 heterocycles. The molecule has 0 unspecified atom stereocenters. The van der Waals surface area contributed by atoms with Crippen LogP contribution in [0.15, 0.2) is 48.5 Å². The zero-order valence-corrected chi connectivity index (χ0v) is 16.9. The SMILES string of the molecule is COc1ccc(NC(C)=O)cc1NC(=O)COC(=O)[C@H](C)NC(=O)c1ccccc1. The van der Waals surface area contributed by atoms with Crippen LogP contribution in [0.25, 0.3) is 0 Å². The molecule has 158 valence electrons. The summed E-state index contributed by atoms with van der Waals surface area (Å²) in [6.45, 7) is 2.26. The van der Waals surface area contributed by atoms with Crippen LogP contribution in [0.4, 0.5) is 11.4 Å². The molecule has 0 aliphatic rings. The van der Waals surface area contributed by atoms with Crippen molar-refractivity contribution in [2.75, 3.05) is 24.4 Å². The number of anilines is 2. The highest BCUT2D eigenvalue weighted by Gasteiger charge is 2.19. The van der Waals surface area contributed by atoms with Gasteiger partial charge in [-0.05, 0) is 37.3 Å². The average Bonchev–Trinajstić information content (AvgIpc) is 2.72. The van der Waals surface area contributed by atoms with Crippen molar-refractivity contribution in [1.82, 2.24) is 5.32 Å². The van der Waals surface area contributed by atoms with Crippen LogP contribution in [0.2, 0.25) is 0 Å². The number of nitrogens with one attached hydrogen (secondary N) is 3. The maximum Gasteiger partial charge on any atom is 0.328 e. The quantitative estimate of drug-likeness (QED) is 0.569. The highest BCUT2D eigenvalue weighted by atomic mass is 16.5. The summed E-state index contributed by atoms with van der Waals surface area (Å²) in [6.07, 6.45) is 0. The second kappa shape index (κ2) is 10.6. The third-order valence-electron chi connectivity index (χ3n) is 3.88. The van der Waals surface area contributed by atoms with E-state index in [1.807, 2.05) is 0 Å². The largest absolute Gasteiger partial charge is 0.495 e. The second-order valence-corrected chi connectivity index (χ2v) is 6.31. The van der Waals surface area contributed by atoms with Gasteiger partial charge in [-0.25, -0.2) is 4.79 Å². The first-order valence-corrected chi connectivity index (χ1v) is 9.08. The van der Waals surface area contributed by atoms with E-state index in [4.69, 9.17) is 9.47 Å². The molecule has 1 atom stereocenters. The van der Waals surface area contributed by atoms with Gasteiger partial charge in [0, 0.05) is 18.2 Å². The van der Waals surface area contributed by atoms with E-state index >= 15 is 0 Å². The Labute approximate surface area is 173 Å². The molecule has 0 spiro atoms. The van der Waals surface area contributed by atoms with Gasteiger partial charge in [0.05, 0.1) is 12.8 Å². The molecule has 0 aromatic heterocycles. The van der Waals surface area contributed by atoms with E-state index < -0.39 is 30.4 Å². The minimum absolute atomic E-state index is 0.266. The zero-order valence-electron chi connectivity index (χ0n) is 16.9. The number of carbonyl (C=O) groups excluding carboxylic acids is 4. The molecule has 0 fully saturated rings. The third kappa shape index (κ3) is 6.62. The van der Waals surface area contributed by atoms with Crippen LogP contribution in [-0.4, -0.2) is 43.4 Å². The van der Waals surface area contributed by atoms with E-state index in [1.165, 1.54) is 27.0 Å². The van der Waals surface area contributed by atoms with Crippen LogP contribution in [0.1, 0.15) is 24.2 Å². The predicted molar refractivity (Wildman–Crippen MR) is 110 cm³/mol. The van der Waals surface area contributed by atoms with E-state index in [0.717, 1.165) is 0 Å². The van der Waals surface area contributed by atoms with E-state index in [9.17, 15) is 19.2 Å². The molecule has 2 rings (SSSR count). The molecule has 0 bridgehead atoms. The van der Waals surface area contributed by atoms with E-state index in [2.05, 4.69) is 16.0 Å². The van der Waals surface area contributed by atoms with Crippen LogP contribution in [-0.2, 0) is 19.1 Å². The van der Waals surface area contributed by atoms with Gasteiger partial charge in [0.25, 0.3) is 11.8 Å². The van der Waals surface area contributed by atoms with Crippen molar-refractivity contribution in [3.05, 3.63) is 54.1 Å². The molecule has 0 radical (unpaired) electrons. The van der Waals surface area contributed by atoms with Gasteiger partial charge >= 0.3 is 5.97 Å². The van der Waals surface area contributed by atoms with E-state index in [0.29, 0.717) is 22.7 Å². The van der Waals surface area contributed by atoms with Gasteiger partial charge in [-0.1, -0.05) is 18.2 Å². The summed E-state index contributed by atoms with van der Waals surface area (Å²) in [5, 5.41) is 7.66. The number of carbonyl (C=O) groups is 4. The number of benzene rings is 2. The normalized spacial score (nSPS) is 11.0. The number of hydrogen-bond donors (Lipinski definition) is 3. The molecular weight excluding hydrogens is 390 g/mol. The topological polar surface area (TPSA) is 123 Å². The summed E-state index contributed by atoms with van der Waals surface area (Å²) in [5.74, 6) is -1.69. The van der Waals surface area contributed by atoms with Crippen LogP contribution >= 0.6 is 0 Å². The molecule has 0 aliphatic carbocycles. The fraction of sp³-hybridized carbons (Fsp3) is 0.238. The number of ether oxygens (including phenoxy) is 2. The van der Waals surface area contributed by atoms with Gasteiger partial charge in [-0.15, -0.1) is 0 Å². The Morgan fingerprint density at radius 3 is 2.33 bits per heavy atom. The van der Waals surface area contributed by atoms with Gasteiger partial charge in [-0.3, -0.25) is 14.4 Å². The van der Waals surface area contributed by atoms with Crippen molar-refractivity contribution in [3.63, 3.8) is 0 Å². The minimum Gasteiger partial charge on any atom is -0.495 e. The second-order valence-electron chi connectivity index (χ2n) is 6.31. The van der Waals surface area contributed by atoms with Crippen LogP contribution in [0, 0.1) is 0 Å². The van der Waals surface area contributed by atoms with E-state index in [1.54, 1.807) is 42.5 Å². The van der Waals surface area contributed by atoms with Gasteiger partial charge in [-0.2, -0.15) is 0 Å². The van der Waals surface area contributed by atoms with Gasteiger partial charge in [0.1, 0.15) is 11.8 Å². The molecule has 9 heteroatoms. The summed E-state index contributed by atoms with van der Waals surface area (Å²) in [7, 11) is 1.43. The molecule has 0 saturated heterocycles. The Morgan fingerprint density at radius 2 is 1.70 bits per heavy atom. The van der Waals surface area contributed by atoms with Gasteiger partial charge in [0.2, 0.25) is 5.91 Å². The van der Waals surface area contributed by atoms with Crippen molar-refractivity contribution < 1.29 is 28.7 Å². The smallest absolute Gasteiger partial charge is 0.328 e. The fourth-order valence-electron chi connectivity index (χ4n) is 2.46. The first kappa shape index (κ1) is 22.4. The first-order valence-electron chi connectivity index (χ1n) is 9.08. The zero-order chi connectivity index (χ0) is 22.1. The van der Waals surface area contributed by atoms with Crippen molar-refractivity contribution >= 4 is 35.1 Å². The third-order valence-corrected chi connectivity index (χ3v) is 3.88. The molecule has 3 amide bonds. The molecule has 2 aromatic rings. The Balaban J connectivity index is 1.90. The van der Waals surface area contributed by atoms with Gasteiger partial charge < -0.3 is 25.4 Å². The summed E-state index contributed by atoms with van der Waals surface area (Å²) in [5.41, 5.74) is 1.17. The van der Waals surface area contributed by atoms with E-state index in [-0.39, 0.29) is 5.91 Å². The standard InChI is InChI=1S/C21H23N3O6/c1-13(22-20(27)15-7-5-4-6-8-15)21(28)30-12-19(26)24-17-11-16(23-14(2)25)9-10-18(17)29-3/h4-11,13H,12H2,1-3H3,(H,22,27)(H,23,25)(H,24,26)/t13-/m0/s1. The first-order chi connectivity index (χ1) is 14.3. The number of amides is 3. The lowest BCUT2D eigenvalue weighted by atomic mass is 10.2. The fourth-order valence-corrected chi connectivity index (χ4v) is 2.46. The van der Waals surface area contributed by atoms with Crippen molar-refractivity contribution in [1.29, 1.82) is 0 Å². The number of hydrogen-bond acceptors (Lipinski definition) is 6. The summed E-state index contributed by atoms with van der Waals surface area (Å²) in [4.78, 5) is 47.5. The number of methoxy groups -OCH3 is 1. The summed E-state index contributed by atoms with van der Waals surface area (Å²) < 4.78 is 10.1. The Bertz CT molecular complexity index is 930. The minimum atomic E-state index is -0.942. The van der Waals surface area contributed by atoms with Crippen LogP contribution < -0.4 is 20.7 Å². The van der Waals surface area contributed by atoms with Crippen molar-refractivity contribution in [2.24, 2.45) is 0 Å². The summed E-state index contributed by atoms with van der Waals surface area (Å²) in [6, 6.07) is 12.2. The molecular formula is C21H23N3O6. The highest BCUT2D eigenvalue weighted by molar-refractivity contribution is 5.98. The Kier molecular flexibility index (Phi) is 7.92. The highest BCUT2D eigenvalue weighted by Crippen LogP contribution is 2.27. The molecule has 3 N–H and O–H groups in total. The molecule has 9 nitrogen and oxygen atoms in total. The lowest BCUT2D eigenvalue weighted by Gasteiger charge is -2.15. The van der Waals surface area contributed by atoms with Crippen LogP contribution in [0.5, 0.6) is 5.75 Å². The Hall–Kier alpha value is -3.88. The van der Waals surface area contributed by atoms with Crippen molar-refractivity contribution in [3.8, 4) is 5.75 Å². The lowest BCUT2D eigenvalue weighted by molar-refractivity contribution is -0.148.